The number of hydrazine groups is 1. The average Bonchev–Trinajstić information content (AvgIpc) is 3.39. The Hall–Kier alpha value is -2.86. The fraction of sp³-hybridized carbons (Fsp3) is 0.0588. The van der Waals surface area contributed by atoms with Crippen molar-refractivity contribution in [1.29, 1.82) is 0 Å². The SMILES string of the molecule is O=C(C=Cc1cccs1)NC(=S)NNC(=O)Cn1nnc(-c2cccc(Cl)c2Cl)n1. The molecule has 2 heterocycles. The highest BCUT2D eigenvalue weighted by molar-refractivity contribution is 7.80. The molecular weight excluding hydrogens is 469 g/mol. The standard InChI is InChI=1S/C17H13Cl2N7O2S2/c18-12-5-1-4-11(15(12)19)16-22-25-26(24-16)9-14(28)21-23-17(29)20-13(27)7-6-10-3-2-8-30-10/h1-8H,9H2,(H,21,28)(H2,20,23,27,29). The molecule has 3 N–H and O–H groups in total. The summed E-state index contributed by atoms with van der Waals surface area (Å²) in [6, 6.07) is 8.77. The molecule has 0 radical (unpaired) electrons. The monoisotopic (exact) mass is 481 g/mol. The van der Waals surface area contributed by atoms with Gasteiger partial charge in [0.25, 0.3) is 5.91 Å². The lowest BCUT2D eigenvalue weighted by atomic mass is 10.2. The van der Waals surface area contributed by atoms with E-state index in [9.17, 15) is 9.59 Å². The van der Waals surface area contributed by atoms with Gasteiger partial charge in [-0.2, -0.15) is 4.80 Å². The van der Waals surface area contributed by atoms with Gasteiger partial charge in [0, 0.05) is 16.5 Å². The smallest absolute Gasteiger partial charge is 0.262 e. The molecule has 0 fully saturated rings. The molecular formula is C17H13Cl2N7O2S2. The summed E-state index contributed by atoms with van der Waals surface area (Å²) in [7, 11) is 0. The van der Waals surface area contributed by atoms with Crippen molar-refractivity contribution in [1.82, 2.24) is 36.4 Å². The largest absolute Gasteiger partial charge is 0.298 e. The lowest BCUT2D eigenvalue weighted by Gasteiger charge is -2.09. The van der Waals surface area contributed by atoms with Crippen LogP contribution in [0.3, 0.4) is 0 Å². The van der Waals surface area contributed by atoms with E-state index in [4.69, 9.17) is 35.4 Å². The molecule has 0 atom stereocenters. The number of carbonyl (C=O) groups excluding carboxylic acids is 2. The van der Waals surface area contributed by atoms with E-state index in [1.165, 1.54) is 17.4 Å². The molecule has 0 aliphatic carbocycles. The Bertz CT molecular complexity index is 1100. The summed E-state index contributed by atoms with van der Waals surface area (Å²) in [5, 5.41) is 16.6. The topological polar surface area (TPSA) is 114 Å². The number of nitrogens with one attached hydrogen (secondary N) is 3. The first-order valence-corrected chi connectivity index (χ1v) is 10.3. The van der Waals surface area contributed by atoms with Crippen LogP contribution in [0.2, 0.25) is 10.0 Å². The van der Waals surface area contributed by atoms with Crippen LogP contribution in [0, 0.1) is 0 Å². The second-order valence-corrected chi connectivity index (χ2v) is 7.76. The summed E-state index contributed by atoms with van der Waals surface area (Å²) in [6.07, 6.45) is 2.99. The number of hydrogen-bond acceptors (Lipinski definition) is 7. The van der Waals surface area contributed by atoms with Crippen molar-refractivity contribution in [2.75, 3.05) is 0 Å². The van der Waals surface area contributed by atoms with Gasteiger partial charge in [0.2, 0.25) is 11.7 Å². The minimum Gasteiger partial charge on any atom is -0.298 e. The molecule has 0 aliphatic heterocycles. The van der Waals surface area contributed by atoms with Gasteiger partial charge < -0.3 is 0 Å². The number of aromatic nitrogens is 4. The van der Waals surface area contributed by atoms with Crippen LogP contribution in [0.4, 0.5) is 0 Å². The van der Waals surface area contributed by atoms with Crippen molar-refractivity contribution < 1.29 is 9.59 Å². The third-order valence-electron chi connectivity index (χ3n) is 3.42. The van der Waals surface area contributed by atoms with Gasteiger partial charge in [0.05, 0.1) is 10.0 Å². The number of benzene rings is 1. The van der Waals surface area contributed by atoms with Crippen LogP contribution < -0.4 is 16.2 Å². The Morgan fingerprint density at radius 1 is 1.20 bits per heavy atom. The highest BCUT2D eigenvalue weighted by Crippen LogP contribution is 2.31. The van der Waals surface area contributed by atoms with E-state index >= 15 is 0 Å². The average molecular weight is 482 g/mol. The molecule has 13 heteroatoms. The van der Waals surface area contributed by atoms with Crippen LogP contribution in [-0.4, -0.2) is 37.1 Å². The highest BCUT2D eigenvalue weighted by Gasteiger charge is 2.13. The number of nitrogens with zero attached hydrogens (tertiary/aromatic N) is 4. The van der Waals surface area contributed by atoms with Crippen molar-refractivity contribution >= 4 is 69.8 Å². The third-order valence-corrected chi connectivity index (χ3v) is 5.29. The first-order chi connectivity index (χ1) is 14.4. The first kappa shape index (κ1) is 21.8. The van der Waals surface area contributed by atoms with Crippen LogP contribution in [0.15, 0.2) is 41.8 Å². The number of thiophene rings is 1. The molecule has 0 bridgehead atoms. The van der Waals surface area contributed by atoms with Crippen LogP contribution in [0.5, 0.6) is 0 Å². The van der Waals surface area contributed by atoms with Crippen molar-refractivity contribution in [3.05, 3.63) is 56.7 Å². The van der Waals surface area contributed by atoms with Gasteiger partial charge in [0.15, 0.2) is 5.11 Å². The van der Waals surface area contributed by atoms with Crippen molar-refractivity contribution in [2.45, 2.75) is 6.54 Å². The maximum Gasteiger partial charge on any atom is 0.262 e. The molecule has 3 rings (SSSR count). The molecule has 0 spiro atoms. The molecule has 2 aromatic heterocycles. The quantitative estimate of drug-likeness (QED) is 0.291. The van der Waals surface area contributed by atoms with Gasteiger partial charge in [0.1, 0.15) is 6.54 Å². The lowest BCUT2D eigenvalue weighted by Crippen LogP contribution is -2.49. The third kappa shape index (κ3) is 6.07. The second-order valence-electron chi connectivity index (χ2n) is 5.59. The van der Waals surface area contributed by atoms with Crippen LogP contribution >= 0.6 is 46.8 Å². The number of amides is 2. The van der Waals surface area contributed by atoms with E-state index in [2.05, 4.69) is 31.6 Å². The highest BCUT2D eigenvalue weighted by atomic mass is 35.5. The van der Waals surface area contributed by atoms with Crippen molar-refractivity contribution in [3.63, 3.8) is 0 Å². The number of carbonyl (C=O) groups is 2. The van der Waals surface area contributed by atoms with Gasteiger partial charge in [-0.3, -0.25) is 25.8 Å². The predicted molar refractivity (Wildman–Crippen MR) is 119 cm³/mol. The summed E-state index contributed by atoms with van der Waals surface area (Å²) < 4.78 is 0. The zero-order chi connectivity index (χ0) is 21.5. The van der Waals surface area contributed by atoms with Crippen LogP contribution in [0.25, 0.3) is 17.5 Å². The molecule has 9 nitrogen and oxygen atoms in total. The summed E-state index contributed by atoms with van der Waals surface area (Å²) >= 11 is 18.6. The zero-order valence-corrected chi connectivity index (χ0v) is 18.1. The molecule has 1 aromatic carbocycles. The van der Waals surface area contributed by atoms with Crippen LogP contribution in [0.1, 0.15) is 4.88 Å². The van der Waals surface area contributed by atoms with E-state index in [1.54, 1.807) is 24.3 Å². The molecule has 30 heavy (non-hydrogen) atoms. The van der Waals surface area contributed by atoms with E-state index in [0.29, 0.717) is 15.6 Å². The van der Waals surface area contributed by atoms with E-state index in [-0.39, 0.29) is 17.5 Å². The molecule has 0 saturated carbocycles. The number of hydrogen-bond donors (Lipinski definition) is 3. The van der Waals surface area contributed by atoms with Gasteiger partial charge in [-0.25, -0.2) is 0 Å². The molecule has 154 valence electrons. The second kappa shape index (κ2) is 10.3. The molecule has 0 saturated heterocycles. The van der Waals surface area contributed by atoms with Crippen molar-refractivity contribution in [3.8, 4) is 11.4 Å². The fourth-order valence-corrected chi connectivity index (χ4v) is 3.27. The molecule has 0 unspecified atom stereocenters. The normalized spacial score (nSPS) is 10.7. The number of tetrazole rings is 1. The first-order valence-electron chi connectivity index (χ1n) is 8.26. The summed E-state index contributed by atoms with van der Waals surface area (Å²) in [5.74, 6) is -0.721. The van der Waals surface area contributed by atoms with Gasteiger partial charge in [-0.15, -0.1) is 21.5 Å². The number of rotatable bonds is 5. The zero-order valence-electron chi connectivity index (χ0n) is 15.0. The lowest BCUT2D eigenvalue weighted by molar-refractivity contribution is -0.122. The summed E-state index contributed by atoms with van der Waals surface area (Å²) in [6.45, 7) is -0.243. The number of thiocarbonyl (C=S) groups is 1. The van der Waals surface area contributed by atoms with E-state index in [0.717, 1.165) is 9.67 Å². The molecule has 2 amide bonds. The Morgan fingerprint density at radius 2 is 2.03 bits per heavy atom. The predicted octanol–water partition coefficient (Wildman–Crippen LogP) is 2.44. The van der Waals surface area contributed by atoms with Gasteiger partial charge >= 0.3 is 0 Å². The summed E-state index contributed by atoms with van der Waals surface area (Å²) in [5.41, 5.74) is 5.25. The Labute approximate surface area is 190 Å². The minimum atomic E-state index is -0.512. The fourth-order valence-electron chi connectivity index (χ4n) is 2.12. The number of halogens is 2. The Balaban J connectivity index is 1.47. The molecule has 3 aromatic rings. The maximum atomic E-state index is 12.0. The van der Waals surface area contributed by atoms with E-state index in [1.807, 2.05) is 17.5 Å². The maximum absolute atomic E-state index is 12.0. The van der Waals surface area contributed by atoms with Gasteiger partial charge in [-0.05, 0) is 47.1 Å². The Kier molecular flexibility index (Phi) is 7.46. The van der Waals surface area contributed by atoms with Crippen LogP contribution in [-0.2, 0) is 16.1 Å². The van der Waals surface area contributed by atoms with Gasteiger partial charge in [-0.1, -0.05) is 35.3 Å². The van der Waals surface area contributed by atoms with E-state index < -0.39 is 11.8 Å². The Morgan fingerprint density at radius 3 is 2.80 bits per heavy atom. The van der Waals surface area contributed by atoms with Crippen molar-refractivity contribution in [2.24, 2.45) is 0 Å². The molecule has 0 aliphatic rings. The minimum absolute atomic E-state index is 0.0675. The summed E-state index contributed by atoms with van der Waals surface area (Å²) in [4.78, 5) is 25.8.